The van der Waals surface area contributed by atoms with Crippen LogP contribution in [-0.2, 0) is 4.74 Å². The predicted octanol–water partition coefficient (Wildman–Crippen LogP) is 2.95. The van der Waals surface area contributed by atoms with Crippen molar-refractivity contribution in [1.29, 1.82) is 0 Å². The minimum absolute atomic E-state index is 0.301. The van der Waals surface area contributed by atoms with E-state index in [4.69, 9.17) is 16.3 Å². The lowest BCUT2D eigenvalue weighted by Crippen LogP contribution is -2.26. The second kappa shape index (κ2) is 5.17. The van der Waals surface area contributed by atoms with Gasteiger partial charge in [0.15, 0.2) is 0 Å². The SMILES string of the molecule is CNC(c1cccc(C)c1Cl)C1CCOC1. The Hall–Kier alpha value is -0.570. The molecular weight excluding hydrogens is 222 g/mol. The highest BCUT2D eigenvalue weighted by Gasteiger charge is 2.27. The molecule has 2 unspecified atom stereocenters. The van der Waals surface area contributed by atoms with E-state index in [1.54, 1.807) is 0 Å². The van der Waals surface area contributed by atoms with Gasteiger partial charge in [0.1, 0.15) is 0 Å². The van der Waals surface area contributed by atoms with E-state index in [1.807, 2.05) is 20.0 Å². The van der Waals surface area contributed by atoms with Crippen molar-refractivity contribution in [2.24, 2.45) is 5.92 Å². The van der Waals surface area contributed by atoms with Gasteiger partial charge in [-0.3, -0.25) is 0 Å². The van der Waals surface area contributed by atoms with Gasteiger partial charge in [-0.1, -0.05) is 29.8 Å². The first-order chi connectivity index (χ1) is 7.74. The molecule has 1 aliphatic heterocycles. The Labute approximate surface area is 102 Å². The van der Waals surface area contributed by atoms with Crippen molar-refractivity contribution >= 4 is 11.6 Å². The van der Waals surface area contributed by atoms with Gasteiger partial charge >= 0.3 is 0 Å². The van der Waals surface area contributed by atoms with Gasteiger partial charge in [0.25, 0.3) is 0 Å². The van der Waals surface area contributed by atoms with Crippen molar-refractivity contribution in [3.05, 3.63) is 34.3 Å². The molecule has 1 saturated heterocycles. The van der Waals surface area contributed by atoms with Crippen LogP contribution in [0, 0.1) is 12.8 Å². The van der Waals surface area contributed by atoms with Gasteiger partial charge in [-0.2, -0.15) is 0 Å². The zero-order valence-corrected chi connectivity index (χ0v) is 10.6. The van der Waals surface area contributed by atoms with Gasteiger partial charge in [-0.15, -0.1) is 0 Å². The molecule has 1 heterocycles. The van der Waals surface area contributed by atoms with Crippen molar-refractivity contribution < 1.29 is 4.74 Å². The topological polar surface area (TPSA) is 21.3 Å². The third-order valence-corrected chi connectivity index (χ3v) is 3.82. The minimum Gasteiger partial charge on any atom is -0.381 e. The first kappa shape index (κ1) is 11.9. The number of rotatable bonds is 3. The zero-order chi connectivity index (χ0) is 11.5. The summed E-state index contributed by atoms with van der Waals surface area (Å²) >= 11 is 6.36. The molecule has 0 radical (unpaired) electrons. The van der Waals surface area contributed by atoms with Gasteiger partial charge in [-0.25, -0.2) is 0 Å². The second-order valence-corrected chi connectivity index (χ2v) is 4.75. The maximum absolute atomic E-state index is 6.36. The normalized spacial score (nSPS) is 22.3. The Morgan fingerprint density at radius 2 is 2.31 bits per heavy atom. The molecule has 0 spiro atoms. The van der Waals surface area contributed by atoms with Gasteiger partial charge in [0.2, 0.25) is 0 Å². The van der Waals surface area contributed by atoms with E-state index in [0.717, 1.165) is 30.2 Å². The van der Waals surface area contributed by atoms with Crippen LogP contribution < -0.4 is 5.32 Å². The number of halogens is 1. The summed E-state index contributed by atoms with van der Waals surface area (Å²) in [5.74, 6) is 0.532. The molecule has 1 aromatic carbocycles. The molecule has 0 aromatic heterocycles. The molecule has 2 atom stereocenters. The van der Waals surface area contributed by atoms with E-state index in [9.17, 15) is 0 Å². The van der Waals surface area contributed by atoms with Crippen LogP contribution in [0.15, 0.2) is 18.2 Å². The van der Waals surface area contributed by atoms with Crippen molar-refractivity contribution in [3.8, 4) is 0 Å². The summed E-state index contributed by atoms with van der Waals surface area (Å²) in [6, 6.07) is 6.52. The highest BCUT2D eigenvalue weighted by Crippen LogP contribution is 2.33. The third-order valence-electron chi connectivity index (χ3n) is 3.30. The van der Waals surface area contributed by atoms with Crippen LogP contribution in [-0.4, -0.2) is 20.3 Å². The smallest absolute Gasteiger partial charge is 0.0513 e. The molecule has 2 rings (SSSR count). The summed E-state index contributed by atoms with van der Waals surface area (Å²) in [5.41, 5.74) is 2.33. The van der Waals surface area contributed by atoms with E-state index in [-0.39, 0.29) is 0 Å². The molecule has 1 aromatic rings. The van der Waals surface area contributed by atoms with Crippen molar-refractivity contribution in [1.82, 2.24) is 5.32 Å². The highest BCUT2D eigenvalue weighted by molar-refractivity contribution is 6.32. The third kappa shape index (κ3) is 2.24. The van der Waals surface area contributed by atoms with E-state index < -0.39 is 0 Å². The van der Waals surface area contributed by atoms with Crippen LogP contribution in [0.25, 0.3) is 0 Å². The van der Waals surface area contributed by atoms with Crippen LogP contribution >= 0.6 is 11.6 Å². The maximum atomic E-state index is 6.36. The summed E-state index contributed by atoms with van der Waals surface area (Å²) < 4.78 is 5.45. The lowest BCUT2D eigenvalue weighted by molar-refractivity contribution is 0.178. The van der Waals surface area contributed by atoms with Crippen LogP contribution in [0.1, 0.15) is 23.6 Å². The van der Waals surface area contributed by atoms with Crippen LogP contribution in [0.3, 0.4) is 0 Å². The van der Waals surface area contributed by atoms with Crippen molar-refractivity contribution in [3.63, 3.8) is 0 Å². The number of nitrogens with one attached hydrogen (secondary N) is 1. The fourth-order valence-electron chi connectivity index (χ4n) is 2.37. The molecule has 0 bridgehead atoms. The van der Waals surface area contributed by atoms with E-state index in [1.165, 1.54) is 5.56 Å². The molecule has 88 valence electrons. The van der Waals surface area contributed by atoms with E-state index in [2.05, 4.69) is 17.4 Å². The molecule has 0 aliphatic carbocycles. The minimum atomic E-state index is 0.301. The average molecular weight is 240 g/mol. The van der Waals surface area contributed by atoms with Gasteiger partial charge in [0, 0.05) is 23.6 Å². The number of ether oxygens (including phenoxy) is 1. The molecule has 1 N–H and O–H groups in total. The largest absolute Gasteiger partial charge is 0.381 e. The summed E-state index contributed by atoms with van der Waals surface area (Å²) in [6.45, 7) is 3.74. The summed E-state index contributed by atoms with van der Waals surface area (Å²) in [6.07, 6.45) is 1.11. The Kier molecular flexibility index (Phi) is 3.85. The van der Waals surface area contributed by atoms with Gasteiger partial charge in [-0.05, 0) is 31.5 Å². The fraction of sp³-hybridized carbons (Fsp3) is 0.538. The molecule has 2 nitrogen and oxygen atoms in total. The molecule has 3 heteroatoms. The lowest BCUT2D eigenvalue weighted by Gasteiger charge is -2.23. The maximum Gasteiger partial charge on any atom is 0.0513 e. The van der Waals surface area contributed by atoms with Gasteiger partial charge in [0.05, 0.1) is 6.61 Å². The van der Waals surface area contributed by atoms with Crippen LogP contribution in [0.2, 0.25) is 5.02 Å². The first-order valence-corrected chi connectivity index (χ1v) is 6.12. The Bertz CT molecular complexity index is 361. The summed E-state index contributed by atoms with van der Waals surface area (Å²) in [4.78, 5) is 0. The molecular formula is C13H18ClNO. The van der Waals surface area contributed by atoms with E-state index in [0.29, 0.717) is 12.0 Å². The van der Waals surface area contributed by atoms with E-state index >= 15 is 0 Å². The fourth-order valence-corrected chi connectivity index (χ4v) is 2.61. The Balaban J connectivity index is 2.28. The van der Waals surface area contributed by atoms with Crippen molar-refractivity contribution in [2.75, 3.05) is 20.3 Å². The molecule has 16 heavy (non-hydrogen) atoms. The first-order valence-electron chi connectivity index (χ1n) is 5.74. The van der Waals surface area contributed by atoms with Crippen LogP contribution in [0.5, 0.6) is 0 Å². The Morgan fingerprint density at radius 1 is 1.50 bits per heavy atom. The van der Waals surface area contributed by atoms with Crippen molar-refractivity contribution in [2.45, 2.75) is 19.4 Å². The lowest BCUT2D eigenvalue weighted by atomic mass is 9.91. The monoisotopic (exact) mass is 239 g/mol. The number of hydrogen-bond acceptors (Lipinski definition) is 2. The van der Waals surface area contributed by atoms with Gasteiger partial charge < -0.3 is 10.1 Å². The molecule has 0 saturated carbocycles. The summed E-state index contributed by atoms with van der Waals surface area (Å²) in [5, 5.41) is 4.25. The summed E-state index contributed by atoms with van der Waals surface area (Å²) in [7, 11) is 1.99. The number of hydrogen-bond donors (Lipinski definition) is 1. The average Bonchev–Trinajstić information content (AvgIpc) is 2.79. The molecule has 0 amide bonds. The quantitative estimate of drug-likeness (QED) is 0.876. The number of aryl methyl sites for hydroxylation is 1. The predicted molar refractivity (Wildman–Crippen MR) is 66.9 cm³/mol. The number of benzene rings is 1. The molecule has 1 aliphatic rings. The highest BCUT2D eigenvalue weighted by atomic mass is 35.5. The second-order valence-electron chi connectivity index (χ2n) is 4.37. The molecule has 1 fully saturated rings. The standard InChI is InChI=1S/C13H18ClNO/c1-9-4-3-5-11(12(9)14)13(15-2)10-6-7-16-8-10/h3-5,10,13,15H,6-8H2,1-2H3. The Morgan fingerprint density at radius 3 is 2.94 bits per heavy atom. The van der Waals surface area contributed by atoms with Crippen LogP contribution in [0.4, 0.5) is 0 Å². The zero-order valence-electron chi connectivity index (χ0n) is 9.79.